The van der Waals surface area contributed by atoms with E-state index in [0.717, 1.165) is 12.8 Å². The van der Waals surface area contributed by atoms with Gasteiger partial charge in [0.25, 0.3) is 5.91 Å². The molecule has 0 radical (unpaired) electrons. The Morgan fingerprint density at radius 1 is 1.11 bits per heavy atom. The Hall–Kier alpha value is -2.35. The number of amides is 2. The van der Waals surface area contributed by atoms with Crippen molar-refractivity contribution in [3.63, 3.8) is 0 Å². The van der Waals surface area contributed by atoms with Gasteiger partial charge in [-0.25, -0.2) is 4.79 Å². The molecule has 0 unspecified atom stereocenters. The van der Waals surface area contributed by atoms with E-state index in [1.165, 1.54) is 7.11 Å². The number of aromatic amines is 1. The molecule has 2 amide bonds. The van der Waals surface area contributed by atoms with Crippen molar-refractivity contribution in [2.45, 2.75) is 26.7 Å². The molecule has 0 spiro atoms. The number of piperidine rings is 1. The average molecular weight is 377 g/mol. The minimum Gasteiger partial charge on any atom is -0.465 e. The first-order valence-electron chi connectivity index (χ1n) is 9.37. The minimum atomic E-state index is -0.459. The molecule has 1 N–H and O–H groups in total. The smallest absolute Gasteiger partial charge is 0.339 e. The Bertz CT molecular complexity index is 736. The molecule has 8 heteroatoms. The first-order valence-corrected chi connectivity index (χ1v) is 9.37. The lowest BCUT2D eigenvalue weighted by atomic mass is 9.95. The monoisotopic (exact) mass is 377 g/mol. The van der Waals surface area contributed by atoms with Gasteiger partial charge in [-0.3, -0.25) is 9.59 Å². The zero-order chi connectivity index (χ0) is 19.6. The van der Waals surface area contributed by atoms with Crippen LogP contribution < -0.4 is 0 Å². The molecule has 3 rings (SSSR count). The highest BCUT2D eigenvalue weighted by Crippen LogP contribution is 2.24. The maximum Gasteiger partial charge on any atom is 0.339 e. The van der Waals surface area contributed by atoms with Crippen LogP contribution in [-0.4, -0.2) is 79.1 Å². The van der Waals surface area contributed by atoms with Crippen molar-refractivity contribution in [1.29, 1.82) is 0 Å². The number of likely N-dealkylation sites (tertiary alicyclic amines) is 1. The summed E-state index contributed by atoms with van der Waals surface area (Å²) in [6.07, 6.45) is 1.57. The fourth-order valence-electron chi connectivity index (χ4n) is 3.94. The summed E-state index contributed by atoms with van der Waals surface area (Å²) in [7, 11) is 1.32. The zero-order valence-electron chi connectivity index (χ0n) is 16.2. The normalized spacial score (nSPS) is 20.5. The number of hydrogen-bond acceptors (Lipinski definition) is 5. The Labute approximate surface area is 158 Å². The highest BCUT2D eigenvalue weighted by Gasteiger charge is 2.33. The van der Waals surface area contributed by atoms with Crippen molar-refractivity contribution in [1.82, 2.24) is 14.8 Å². The van der Waals surface area contributed by atoms with Gasteiger partial charge in [-0.15, -0.1) is 0 Å². The number of esters is 1. The summed E-state index contributed by atoms with van der Waals surface area (Å²) >= 11 is 0. The third-order valence-electron chi connectivity index (χ3n) is 5.42. The van der Waals surface area contributed by atoms with Crippen LogP contribution in [0.15, 0.2) is 0 Å². The van der Waals surface area contributed by atoms with Crippen molar-refractivity contribution in [3.05, 3.63) is 22.5 Å². The summed E-state index contributed by atoms with van der Waals surface area (Å²) in [4.78, 5) is 44.3. The topological polar surface area (TPSA) is 91.9 Å². The average Bonchev–Trinajstić information content (AvgIpc) is 3.01. The van der Waals surface area contributed by atoms with E-state index < -0.39 is 5.97 Å². The Balaban J connectivity index is 1.73. The first-order chi connectivity index (χ1) is 12.9. The van der Waals surface area contributed by atoms with Crippen LogP contribution in [0, 0.1) is 19.8 Å². The quantitative estimate of drug-likeness (QED) is 0.798. The number of nitrogens with one attached hydrogen (secondary N) is 1. The fraction of sp³-hybridized carbons (Fsp3) is 0.632. The predicted molar refractivity (Wildman–Crippen MR) is 97.6 cm³/mol. The molecule has 1 atom stereocenters. The molecular weight excluding hydrogens is 350 g/mol. The van der Waals surface area contributed by atoms with E-state index in [2.05, 4.69) is 4.98 Å². The van der Waals surface area contributed by atoms with Crippen LogP contribution in [-0.2, 0) is 14.3 Å². The van der Waals surface area contributed by atoms with E-state index in [0.29, 0.717) is 61.9 Å². The van der Waals surface area contributed by atoms with E-state index in [4.69, 9.17) is 9.47 Å². The van der Waals surface area contributed by atoms with E-state index in [1.807, 2.05) is 4.90 Å². The van der Waals surface area contributed by atoms with Gasteiger partial charge in [0.2, 0.25) is 5.91 Å². The largest absolute Gasteiger partial charge is 0.465 e. The van der Waals surface area contributed by atoms with E-state index in [-0.39, 0.29) is 17.7 Å². The Kier molecular flexibility index (Phi) is 5.84. The lowest BCUT2D eigenvalue weighted by Crippen LogP contribution is -2.49. The molecule has 8 nitrogen and oxygen atoms in total. The zero-order valence-corrected chi connectivity index (χ0v) is 16.2. The predicted octanol–water partition coefficient (Wildman–Crippen LogP) is 1.13. The lowest BCUT2D eigenvalue weighted by Gasteiger charge is -2.36. The van der Waals surface area contributed by atoms with Crippen LogP contribution in [0.4, 0.5) is 0 Å². The molecule has 2 aliphatic heterocycles. The van der Waals surface area contributed by atoms with Crippen LogP contribution in [0.1, 0.15) is 44.9 Å². The van der Waals surface area contributed by atoms with Crippen LogP contribution in [0.5, 0.6) is 0 Å². The highest BCUT2D eigenvalue weighted by molar-refractivity contribution is 6.00. The number of nitrogens with zero attached hydrogens (tertiary/aromatic N) is 2. The minimum absolute atomic E-state index is 0.102. The van der Waals surface area contributed by atoms with Crippen LogP contribution in [0.3, 0.4) is 0 Å². The summed E-state index contributed by atoms with van der Waals surface area (Å²) in [5.74, 6) is -0.716. The SMILES string of the molecule is COC(=O)c1c(C)[nH]c(C(=O)N2CCC[C@@H](C(=O)N3CCOCC3)C2)c1C. The Morgan fingerprint density at radius 3 is 2.48 bits per heavy atom. The van der Waals surface area contributed by atoms with Gasteiger partial charge in [0.1, 0.15) is 5.69 Å². The van der Waals surface area contributed by atoms with Crippen molar-refractivity contribution in [3.8, 4) is 0 Å². The summed E-state index contributed by atoms with van der Waals surface area (Å²) in [5.41, 5.74) is 2.00. The molecule has 3 heterocycles. The van der Waals surface area contributed by atoms with Gasteiger partial charge >= 0.3 is 5.97 Å². The molecule has 0 saturated carbocycles. The number of ether oxygens (including phenoxy) is 2. The molecule has 1 aromatic heterocycles. The summed E-state index contributed by atoms with van der Waals surface area (Å²) in [5, 5.41) is 0. The standard InChI is InChI=1S/C19H27N3O5/c1-12-15(19(25)26-3)13(2)20-16(12)18(24)22-6-4-5-14(11-22)17(23)21-7-9-27-10-8-21/h14,20H,4-11H2,1-3H3/t14-/m1/s1. The second kappa shape index (κ2) is 8.12. The number of hydrogen-bond donors (Lipinski definition) is 1. The fourth-order valence-corrected chi connectivity index (χ4v) is 3.94. The Morgan fingerprint density at radius 2 is 1.81 bits per heavy atom. The van der Waals surface area contributed by atoms with Crippen LogP contribution in [0.25, 0.3) is 0 Å². The van der Waals surface area contributed by atoms with Gasteiger partial charge in [-0.2, -0.15) is 0 Å². The van der Waals surface area contributed by atoms with Crippen molar-refractivity contribution in [2.24, 2.45) is 5.92 Å². The number of carbonyl (C=O) groups excluding carboxylic acids is 3. The third kappa shape index (κ3) is 3.85. The van der Waals surface area contributed by atoms with E-state index in [9.17, 15) is 14.4 Å². The van der Waals surface area contributed by atoms with Crippen molar-refractivity contribution < 1.29 is 23.9 Å². The molecule has 148 valence electrons. The van der Waals surface area contributed by atoms with Gasteiger partial charge in [-0.1, -0.05) is 0 Å². The van der Waals surface area contributed by atoms with Crippen LogP contribution in [0.2, 0.25) is 0 Å². The van der Waals surface area contributed by atoms with Gasteiger partial charge in [0, 0.05) is 31.9 Å². The highest BCUT2D eigenvalue weighted by atomic mass is 16.5. The molecule has 2 fully saturated rings. The lowest BCUT2D eigenvalue weighted by molar-refractivity contribution is -0.141. The van der Waals surface area contributed by atoms with Crippen LogP contribution >= 0.6 is 0 Å². The van der Waals surface area contributed by atoms with E-state index >= 15 is 0 Å². The molecule has 2 aliphatic rings. The molecule has 0 bridgehead atoms. The second-order valence-electron chi connectivity index (χ2n) is 7.14. The third-order valence-corrected chi connectivity index (χ3v) is 5.42. The van der Waals surface area contributed by atoms with Crippen molar-refractivity contribution >= 4 is 17.8 Å². The number of methoxy groups -OCH3 is 1. The number of carbonyl (C=O) groups is 3. The number of morpholine rings is 1. The summed E-state index contributed by atoms with van der Waals surface area (Å²) < 4.78 is 10.1. The molecular formula is C19H27N3O5. The van der Waals surface area contributed by atoms with Gasteiger partial charge in [0.05, 0.1) is 31.8 Å². The van der Waals surface area contributed by atoms with Gasteiger partial charge in [-0.05, 0) is 32.3 Å². The molecule has 27 heavy (non-hydrogen) atoms. The van der Waals surface area contributed by atoms with E-state index in [1.54, 1.807) is 18.7 Å². The first kappa shape index (κ1) is 19.4. The number of H-pyrrole nitrogens is 1. The molecule has 0 aliphatic carbocycles. The van der Waals surface area contributed by atoms with Gasteiger partial charge in [0.15, 0.2) is 0 Å². The van der Waals surface area contributed by atoms with Crippen molar-refractivity contribution in [2.75, 3.05) is 46.5 Å². The molecule has 0 aromatic carbocycles. The second-order valence-corrected chi connectivity index (χ2v) is 7.14. The molecule has 2 saturated heterocycles. The maximum atomic E-state index is 13.0. The number of aryl methyl sites for hydroxylation is 1. The number of aromatic nitrogens is 1. The van der Waals surface area contributed by atoms with Gasteiger partial charge < -0.3 is 24.3 Å². The summed E-state index contributed by atoms with van der Waals surface area (Å²) in [6.45, 7) is 6.86. The summed E-state index contributed by atoms with van der Waals surface area (Å²) in [6, 6.07) is 0. The number of rotatable bonds is 3. The molecule has 1 aromatic rings. The maximum absolute atomic E-state index is 13.0.